The summed E-state index contributed by atoms with van der Waals surface area (Å²) in [5.41, 5.74) is 0.432. The van der Waals surface area contributed by atoms with Crippen LogP contribution in [0.25, 0.3) is 0 Å². The minimum atomic E-state index is -0.651. The summed E-state index contributed by atoms with van der Waals surface area (Å²) in [5.74, 6) is -2.68. The number of ether oxygens (including phenoxy) is 2. The maximum absolute atomic E-state index is 11.3. The Morgan fingerprint density at radius 3 is 1.85 bits per heavy atom. The van der Waals surface area contributed by atoms with E-state index < -0.39 is 29.2 Å². The van der Waals surface area contributed by atoms with Crippen molar-refractivity contribution in [1.29, 1.82) is 0 Å². The molecule has 0 amide bonds. The van der Waals surface area contributed by atoms with Gasteiger partial charge in [0, 0.05) is 0 Å². The Kier molecular flexibility index (Phi) is 11.0. The van der Waals surface area contributed by atoms with Crippen LogP contribution in [0.2, 0.25) is 0 Å². The molecule has 27 heavy (non-hydrogen) atoms. The first-order valence-electron chi connectivity index (χ1n) is 7.59. The van der Waals surface area contributed by atoms with Gasteiger partial charge in [0.25, 0.3) is 0 Å². The van der Waals surface area contributed by atoms with E-state index in [1.165, 1.54) is 31.4 Å². The van der Waals surface area contributed by atoms with Crippen molar-refractivity contribution in [3.63, 3.8) is 0 Å². The summed E-state index contributed by atoms with van der Waals surface area (Å²) >= 11 is 0. The van der Waals surface area contributed by atoms with Crippen LogP contribution in [-0.4, -0.2) is 75.6 Å². The summed E-state index contributed by atoms with van der Waals surface area (Å²) in [7, 11) is 1.31. The molecule has 0 saturated heterocycles. The third-order valence-corrected chi connectivity index (χ3v) is 3.03. The molecule has 0 spiro atoms. The standard InChI is InChI=1S/C10H12O5.C8H8O3.Na.H/c1-2-3-15-10(14)6-4-7(11)9(13)8(12)5-6;1-11-8(10)6-2-4-7(9)5-3-6;;/h4-5,11-13H,2-3H2,1H3;2-5,9H,1H3;;. The molecule has 2 aromatic rings. The van der Waals surface area contributed by atoms with E-state index in [2.05, 4.69) is 4.74 Å². The zero-order valence-corrected chi connectivity index (χ0v) is 14.3. The van der Waals surface area contributed by atoms with Crippen LogP contribution in [0, 0.1) is 0 Å². The monoisotopic (exact) mass is 388 g/mol. The van der Waals surface area contributed by atoms with Crippen molar-refractivity contribution in [2.45, 2.75) is 13.3 Å². The van der Waals surface area contributed by atoms with Crippen LogP contribution in [0.4, 0.5) is 0 Å². The van der Waals surface area contributed by atoms with Gasteiger partial charge in [-0.25, -0.2) is 9.59 Å². The minimum absolute atomic E-state index is 0. The third kappa shape index (κ3) is 7.78. The molecule has 142 valence electrons. The second kappa shape index (κ2) is 12.1. The molecule has 0 unspecified atom stereocenters. The second-order valence-corrected chi connectivity index (χ2v) is 5.04. The summed E-state index contributed by atoms with van der Waals surface area (Å²) < 4.78 is 9.24. The van der Waals surface area contributed by atoms with E-state index in [1.54, 1.807) is 0 Å². The van der Waals surface area contributed by atoms with E-state index >= 15 is 0 Å². The number of phenolic OH excluding ortho intramolecular Hbond substituents is 4. The van der Waals surface area contributed by atoms with E-state index in [0.717, 1.165) is 12.1 Å². The van der Waals surface area contributed by atoms with Crippen molar-refractivity contribution in [1.82, 2.24) is 0 Å². The molecule has 4 N–H and O–H groups in total. The van der Waals surface area contributed by atoms with Crippen molar-refractivity contribution >= 4 is 41.5 Å². The fourth-order valence-electron chi connectivity index (χ4n) is 1.72. The summed E-state index contributed by atoms with van der Waals surface area (Å²) in [5, 5.41) is 36.2. The summed E-state index contributed by atoms with van der Waals surface area (Å²) in [4.78, 5) is 22.1. The summed E-state index contributed by atoms with van der Waals surface area (Å²) in [6.45, 7) is 2.11. The molecule has 2 aromatic carbocycles. The van der Waals surface area contributed by atoms with Crippen molar-refractivity contribution in [2.75, 3.05) is 13.7 Å². The van der Waals surface area contributed by atoms with Gasteiger partial charge in [-0.2, -0.15) is 0 Å². The molecule has 8 nitrogen and oxygen atoms in total. The van der Waals surface area contributed by atoms with Gasteiger partial charge in [0.15, 0.2) is 17.2 Å². The Morgan fingerprint density at radius 2 is 1.41 bits per heavy atom. The van der Waals surface area contributed by atoms with Crippen LogP contribution in [0.3, 0.4) is 0 Å². The predicted molar refractivity (Wildman–Crippen MR) is 98.6 cm³/mol. The first-order valence-corrected chi connectivity index (χ1v) is 7.59. The van der Waals surface area contributed by atoms with Crippen LogP contribution in [0.15, 0.2) is 36.4 Å². The van der Waals surface area contributed by atoms with Crippen LogP contribution in [0.1, 0.15) is 34.1 Å². The number of rotatable bonds is 4. The van der Waals surface area contributed by atoms with Gasteiger partial charge in [0.05, 0.1) is 24.8 Å². The van der Waals surface area contributed by atoms with Crippen molar-refractivity contribution in [3.05, 3.63) is 47.5 Å². The Morgan fingerprint density at radius 1 is 0.889 bits per heavy atom. The molecule has 9 heteroatoms. The number of esters is 2. The average molecular weight is 388 g/mol. The van der Waals surface area contributed by atoms with Gasteiger partial charge in [-0.05, 0) is 42.8 Å². The fraction of sp³-hybridized carbons (Fsp3) is 0.222. The van der Waals surface area contributed by atoms with Crippen LogP contribution in [0.5, 0.6) is 23.0 Å². The number of phenols is 4. The Labute approximate surface area is 178 Å². The van der Waals surface area contributed by atoms with Gasteiger partial charge in [-0.1, -0.05) is 6.92 Å². The number of benzene rings is 2. The van der Waals surface area contributed by atoms with Gasteiger partial charge in [-0.3, -0.25) is 0 Å². The molecule has 0 aliphatic carbocycles. The first-order chi connectivity index (χ1) is 12.3. The van der Waals surface area contributed by atoms with E-state index in [0.29, 0.717) is 12.0 Å². The van der Waals surface area contributed by atoms with E-state index in [9.17, 15) is 9.59 Å². The molecule has 0 radical (unpaired) electrons. The molecule has 0 saturated carbocycles. The molecule has 0 aliphatic rings. The SMILES string of the molecule is CCCOC(=O)c1cc(O)c(O)c(O)c1.COC(=O)c1ccc(O)cc1.[NaH]. The zero-order valence-electron chi connectivity index (χ0n) is 14.3. The topological polar surface area (TPSA) is 134 Å². The van der Waals surface area contributed by atoms with Gasteiger partial charge in [0.1, 0.15) is 5.75 Å². The number of hydrogen-bond acceptors (Lipinski definition) is 8. The third-order valence-electron chi connectivity index (χ3n) is 3.03. The van der Waals surface area contributed by atoms with Gasteiger partial charge in [0.2, 0.25) is 0 Å². The molecule has 0 fully saturated rings. The number of aromatic hydroxyl groups is 4. The van der Waals surface area contributed by atoms with Crippen molar-refractivity contribution in [3.8, 4) is 23.0 Å². The van der Waals surface area contributed by atoms with E-state index in [4.69, 9.17) is 25.2 Å². The Bertz CT molecular complexity index is 735. The molecule has 0 heterocycles. The van der Waals surface area contributed by atoms with E-state index in [-0.39, 0.29) is 47.5 Å². The molecule has 0 aliphatic heterocycles. The van der Waals surface area contributed by atoms with Gasteiger partial charge < -0.3 is 29.9 Å². The number of carbonyl (C=O) groups excluding carboxylic acids is 2. The molecule has 0 aromatic heterocycles. The molecular formula is C18H21NaO8. The Hall–Kier alpha value is -2.42. The number of hydrogen-bond donors (Lipinski definition) is 4. The average Bonchev–Trinajstić information content (AvgIpc) is 2.64. The van der Waals surface area contributed by atoms with Crippen LogP contribution in [-0.2, 0) is 9.47 Å². The predicted octanol–water partition coefficient (Wildman–Crippen LogP) is 1.90. The first kappa shape index (κ1) is 24.6. The van der Waals surface area contributed by atoms with Crippen LogP contribution >= 0.6 is 0 Å². The fourth-order valence-corrected chi connectivity index (χ4v) is 1.72. The zero-order chi connectivity index (χ0) is 19.7. The molecule has 0 atom stereocenters. The Balaban J connectivity index is 0.000000504. The molecular weight excluding hydrogens is 367 g/mol. The summed E-state index contributed by atoms with van der Waals surface area (Å²) in [6, 6.07) is 7.95. The maximum atomic E-state index is 11.3. The number of methoxy groups -OCH3 is 1. The summed E-state index contributed by atoms with van der Waals surface area (Å²) in [6.07, 6.45) is 0.682. The van der Waals surface area contributed by atoms with Crippen molar-refractivity contribution in [2.24, 2.45) is 0 Å². The normalized spacial score (nSPS) is 9.26. The van der Waals surface area contributed by atoms with Crippen LogP contribution < -0.4 is 0 Å². The van der Waals surface area contributed by atoms with E-state index in [1.807, 2.05) is 6.92 Å². The second-order valence-electron chi connectivity index (χ2n) is 5.04. The number of carbonyl (C=O) groups is 2. The molecule has 0 bridgehead atoms. The van der Waals surface area contributed by atoms with Gasteiger partial charge >= 0.3 is 41.5 Å². The molecule has 2 rings (SSSR count). The quantitative estimate of drug-likeness (QED) is 0.355. The van der Waals surface area contributed by atoms with Crippen molar-refractivity contribution < 1.29 is 39.5 Å². The van der Waals surface area contributed by atoms with Gasteiger partial charge in [-0.15, -0.1) is 0 Å².